The Morgan fingerprint density at radius 2 is 1.32 bits per heavy atom. The summed E-state index contributed by atoms with van der Waals surface area (Å²) in [6, 6.07) is 16.1. The Morgan fingerprint density at radius 1 is 0.750 bits per heavy atom. The van der Waals surface area contributed by atoms with E-state index in [4.69, 9.17) is 33.9 Å². The summed E-state index contributed by atoms with van der Waals surface area (Å²) in [4.78, 5) is 0. The van der Waals surface area contributed by atoms with Gasteiger partial charge in [-0.3, -0.25) is 10.9 Å². The van der Waals surface area contributed by atoms with Crippen LogP contribution < -0.4 is 31.0 Å². The van der Waals surface area contributed by atoms with Gasteiger partial charge in [0.1, 0.15) is 0 Å². The normalized spacial score (nSPS) is 9.93. The fourth-order valence-electron chi connectivity index (χ4n) is 2.52. The van der Waals surface area contributed by atoms with Gasteiger partial charge in [-0.15, -0.1) is 0 Å². The van der Waals surface area contributed by atoms with Crippen molar-refractivity contribution in [1.29, 1.82) is 0 Å². The summed E-state index contributed by atoms with van der Waals surface area (Å²) in [6.45, 7) is 1.42. The molecule has 0 saturated heterocycles. The molecule has 150 valence electrons. The lowest BCUT2D eigenvalue weighted by Gasteiger charge is -2.14. The van der Waals surface area contributed by atoms with Gasteiger partial charge in [0.15, 0.2) is 21.7 Å². The second-order valence-corrected chi connectivity index (χ2v) is 6.75. The van der Waals surface area contributed by atoms with Gasteiger partial charge >= 0.3 is 0 Å². The van der Waals surface area contributed by atoms with Crippen LogP contribution in [0.5, 0.6) is 11.5 Å². The van der Waals surface area contributed by atoms with Crippen LogP contribution in [0.15, 0.2) is 48.5 Å². The van der Waals surface area contributed by atoms with Gasteiger partial charge in [0.2, 0.25) is 0 Å². The number of methoxy groups -OCH3 is 2. The minimum Gasteiger partial charge on any atom is -0.493 e. The smallest absolute Gasteiger partial charge is 0.185 e. The van der Waals surface area contributed by atoms with Crippen molar-refractivity contribution < 1.29 is 9.47 Å². The van der Waals surface area contributed by atoms with Crippen molar-refractivity contribution in [2.45, 2.75) is 12.8 Å². The molecule has 0 bridgehead atoms. The second kappa shape index (κ2) is 12.0. The molecule has 28 heavy (non-hydrogen) atoms. The lowest BCUT2D eigenvalue weighted by Crippen LogP contribution is -2.50. The van der Waals surface area contributed by atoms with E-state index in [0.29, 0.717) is 28.3 Å². The number of hydrogen-bond donors (Lipinski definition) is 4. The fraction of sp³-hybridized carbons (Fsp3) is 0.300. The molecule has 0 fully saturated rings. The van der Waals surface area contributed by atoms with Crippen LogP contribution in [0.3, 0.4) is 0 Å². The Kier molecular flexibility index (Phi) is 9.30. The first kappa shape index (κ1) is 21.7. The van der Waals surface area contributed by atoms with Crippen molar-refractivity contribution in [2.24, 2.45) is 0 Å². The number of thiocarbonyl (C=S) groups is 2. The van der Waals surface area contributed by atoms with Gasteiger partial charge < -0.3 is 20.1 Å². The van der Waals surface area contributed by atoms with Crippen molar-refractivity contribution >= 4 is 34.7 Å². The number of ether oxygens (including phenoxy) is 2. The van der Waals surface area contributed by atoms with Crippen LogP contribution >= 0.6 is 24.4 Å². The summed E-state index contributed by atoms with van der Waals surface area (Å²) >= 11 is 10.5. The third-order valence-electron chi connectivity index (χ3n) is 3.98. The molecular weight excluding hydrogens is 392 g/mol. The average Bonchev–Trinajstić information content (AvgIpc) is 2.73. The molecular formula is C20H26N4O2S2. The maximum Gasteiger partial charge on any atom is 0.185 e. The maximum absolute atomic E-state index is 5.31. The summed E-state index contributed by atoms with van der Waals surface area (Å²) in [5.74, 6) is 1.43. The van der Waals surface area contributed by atoms with Gasteiger partial charge in [-0.25, -0.2) is 0 Å². The molecule has 0 heterocycles. The molecule has 0 saturated carbocycles. The van der Waals surface area contributed by atoms with Crippen molar-refractivity contribution in [2.75, 3.05) is 27.3 Å². The third-order valence-corrected chi connectivity index (χ3v) is 4.47. The Bertz CT molecular complexity index is 772. The summed E-state index contributed by atoms with van der Waals surface area (Å²) < 4.78 is 10.6. The Balaban J connectivity index is 1.61. The van der Waals surface area contributed by atoms with Gasteiger partial charge in [0, 0.05) is 13.1 Å². The SMILES string of the molecule is COc1ccc(CCNC(=S)NNC(=S)NCCc2ccccc2)cc1OC. The van der Waals surface area contributed by atoms with Crippen LogP contribution in [0.25, 0.3) is 0 Å². The van der Waals surface area contributed by atoms with E-state index in [9.17, 15) is 0 Å². The van der Waals surface area contributed by atoms with E-state index in [1.54, 1.807) is 14.2 Å². The van der Waals surface area contributed by atoms with E-state index < -0.39 is 0 Å². The summed E-state index contributed by atoms with van der Waals surface area (Å²) in [5, 5.41) is 7.25. The molecule has 0 spiro atoms. The zero-order valence-corrected chi connectivity index (χ0v) is 17.7. The quantitative estimate of drug-likeness (QED) is 0.385. The average molecular weight is 419 g/mol. The number of hydrazine groups is 1. The Hall–Kier alpha value is -2.58. The molecule has 0 aliphatic rings. The lowest BCUT2D eigenvalue weighted by molar-refractivity contribution is 0.354. The number of rotatable bonds is 8. The molecule has 0 amide bonds. The van der Waals surface area contributed by atoms with Crippen molar-refractivity contribution in [3.63, 3.8) is 0 Å². The van der Waals surface area contributed by atoms with Gasteiger partial charge in [-0.2, -0.15) is 0 Å². The molecule has 8 heteroatoms. The Morgan fingerprint density at radius 3 is 1.89 bits per heavy atom. The van der Waals surface area contributed by atoms with Crippen molar-refractivity contribution in [3.8, 4) is 11.5 Å². The van der Waals surface area contributed by atoms with Gasteiger partial charge in [0.05, 0.1) is 14.2 Å². The predicted octanol–water partition coefficient (Wildman–Crippen LogP) is 2.33. The fourth-order valence-corrected chi connectivity index (χ4v) is 2.83. The van der Waals surface area contributed by atoms with Crippen LogP contribution in [0.4, 0.5) is 0 Å². The number of benzene rings is 2. The molecule has 0 atom stereocenters. The minimum atomic E-state index is 0.479. The summed E-state index contributed by atoms with van der Waals surface area (Å²) in [5.41, 5.74) is 8.15. The van der Waals surface area contributed by atoms with E-state index in [1.165, 1.54) is 5.56 Å². The number of hydrogen-bond acceptors (Lipinski definition) is 4. The van der Waals surface area contributed by atoms with Crippen molar-refractivity contribution in [1.82, 2.24) is 21.5 Å². The highest BCUT2D eigenvalue weighted by molar-refractivity contribution is 7.80. The van der Waals surface area contributed by atoms with Gasteiger partial charge in [0.25, 0.3) is 0 Å². The van der Waals surface area contributed by atoms with E-state index in [-0.39, 0.29) is 0 Å². The third kappa shape index (κ3) is 7.58. The first-order chi connectivity index (χ1) is 13.6. The molecule has 0 aliphatic heterocycles. The minimum absolute atomic E-state index is 0.479. The highest BCUT2D eigenvalue weighted by Crippen LogP contribution is 2.27. The standard InChI is InChI=1S/C20H26N4O2S2/c1-25-17-9-8-16(14-18(17)26-2)11-13-22-20(28)24-23-19(27)21-12-10-15-6-4-3-5-7-15/h3-9,14H,10-13H2,1-2H3,(H2,21,23,27)(H2,22,24,28). The van der Waals surface area contributed by atoms with E-state index >= 15 is 0 Å². The highest BCUT2D eigenvalue weighted by Gasteiger charge is 2.05. The zero-order valence-electron chi connectivity index (χ0n) is 16.1. The lowest BCUT2D eigenvalue weighted by atomic mass is 10.1. The second-order valence-electron chi connectivity index (χ2n) is 5.94. The van der Waals surface area contributed by atoms with Gasteiger partial charge in [-0.1, -0.05) is 36.4 Å². The molecule has 0 unspecified atom stereocenters. The molecule has 6 nitrogen and oxygen atoms in total. The van der Waals surface area contributed by atoms with E-state index in [0.717, 1.165) is 24.9 Å². The molecule has 0 aromatic heterocycles. The topological polar surface area (TPSA) is 66.6 Å². The maximum atomic E-state index is 5.31. The molecule has 2 rings (SSSR count). The summed E-state index contributed by atoms with van der Waals surface area (Å²) in [6.07, 6.45) is 1.69. The number of nitrogens with one attached hydrogen (secondary N) is 4. The van der Waals surface area contributed by atoms with Crippen molar-refractivity contribution in [3.05, 3.63) is 59.7 Å². The largest absolute Gasteiger partial charge is 0.493 e. The van der Waals surface area contributed by atoms with E-state index in [1.807, 2.05) is 36.4 Å². The Labute approximate surface area is 177 Å². The monoisotopic (exact) mass is 418 g/mol. The predicted molar refractivity (Wildman–Crippen MR) is 121 cm³/mol. The molecule has 4 N–H and O–H groups in total. The molecule has 2 aromatic carbocycles. The highest BCUT2D eigenvalue weighted by atomic mass is 32.1. The van der Waals surface area contributed by atoms with E-state index in [2.05, 4.69) is 33.6 Å². The first-order valence-corrected chi connectivity index (χ1v) is 9.76. The van der Waals surface area contributed by atoms with Crippen LogP contribution in [-0.4, -0.2) is 37.5 Å². The first-order valence-electron chi connectivity index (χ1n) is 8.95. The molecule has 0 radical (unpaired) electrons. The van der Waals surface area contributed by atoms with Gasteiger partial charge in [-0.05, 0) is 60.5 Å². The van der Waals surface area contributed by atoms with Crippen LogP contribution in [0.2, 0.25) is 0 Å². The molecule has 0 aliphatic carbocycles. The van der Waals surface area contributed by atoms with Crippen LogP contribution in [-0.2, 0) is 12.8 Å². The molecule has 2 aromatic rings. The summed E-state index contributed by atoms with van der Waals surface area (Å²) in [7, 11) is 3.25. The zero-order chi connectivity index (χ0) is 20.2. The van der Waals surface area contributed by atoms with Crippen LogP contribution in [0, 0.1) is 0 Å². The van der Waals surface area contributed by atoms with Crippen LogP contribution in [0.1, 0.15) is 11.1 Å².